The van der Waals surface area contributed by atoms with Crippen LogP contribution < -0.4 is 0 Å². The average molecular weight is 256 g/mol. The predicted octanol–water partition coefficient (Wildman–Crippen LogP) is 2.98. The normalized spacial score (nSPS) is 14.6. The third-order valence-corrected chi connectivity index (χ3v) is 3.47. The van der Waals surface area contributed by atoms with Gasteiger partial charge in [0, 0.05) is 5.02 Å². The standard InChI is InChI=1S/C13H18ClNO2/c1-4-15(5-2)13(3,12(16)17)10-6-8-11(14)9-7-10/h6-9H,4-5H2,1-3H3,(H,16,17). The van der Waals surface area contributed by atoms with Crippen LogP contribution in [0.1, 0.15) is 26.3 Å². The Labute approximate surface area is 107 Å². The SMILES string of the molecule is CCN(CC)C(C)(C(=O)O)c1ccc(Cl)cc1. The molecule has 0 aliphatic heterocycles. The molecule has 0 amide bonds. The van der Waals surface area contributed by atoms with Crippen molar-refractivity contribution >= 4 is 17.6 Å². The van der Waals surface area contributed by atoms with Crippen LogP contribution in [0.2, 0.25) is 5.02 Å². The van der Waals surface area contributed by atoms with Crippen molar-refractivity contribution in [2.75, 3.05) is 13.1 Å². The lowest BCUT2D eigenvalue weighted by atomic mass is 9.90. The molecule has 3 nitrogen and oxygen atoms in total. The number of carboxylic acid groups (broad SMARTS) is 1. The van der Waals surface area contributed by atoms with Crippen LogP contribution in [-0.4, -0.2) is 29.1 Å². The lowest BCUT2D eigenvalue weighted by molar-refractivity contribution is -0.151. The molecule has 0 bridgehead atoms. The second-order valence-corrected chi connectivity index (χ2v) is 4.49. The Balaban J connectivity index is 3.24. The Morgan fingerprint density at radius 2 is 1.76 bits per heavy atom. The van der Waals surface area contributed by atoms with Gasteiger partial charge in [-0.25, -0.2) is 4.79 Å². The Kier molecular flexibility index (Phi) is 4.54. The summed E-state index contributed by atoms with van der Waals surface area (Å²) in [6.07, 6.45) is 0. The van der Waals surface area contributed by atoms with E-state index in [1.807, 2.05) is 18.7 Å². The van der Waals surface area contributed by atoms with Crippen molar-refractivity contribution in [1.82, 2.24) is 4.90 Å². The van der Waals surface area contributed by atoms with Gasteiger partial charge in [-0.05, 0) is 37.7 Å². The first-order valence-corrected chi connectivity index (χ1v) is 6.09. The van der Waals surface area contributed by atoms with E-state index in [0.717, 1.165) is 5.56 Å². The number of aliphatic carboxylic acids is 1. The Hall–Kier alpha value is -1.06. The Morgan fingerprint density at radius 1 is 1.29 bits per heavy atom. The Bertz CT molecular complexity index is 387. The Morgan fingerprint density at radius 3 is 2.12 bits per heavy atom. The van der Waals surface area contributed by atoms with Crippen LogP contribution in [0.4, 0.5) is 0 Å². The van der Waals surface area contributed by atoms with E-state index in [2.05, 4.69) is 0 Å². The van der Waals surface area contributed by atoms with Crippen molar-refractivity contribution in [3.63, 3.8) is 0 Å². The maximum absolute atomic E-state index is 11.6. The van der Waals surface area contributed by atoms with Crippen molar-refractivity contribution in [2.45, 2.75) is 26.3 Å². The van der Waals surface area contributed by atoms with Crippen LogP contribution in [-0.2, 0) is 10.3 Å². The molecule has 94 valence electrons. The smallest absolute Gasteiger partial charge is 0.328 e. The molecule has 1 N–H and O–H groups in total. The molecule has 1 unspecified atom stereocenters. The predicted molar refractivity (Wildman–Crippen MR) is 69.4 cm³/mol. The summed E-state index contributed by atoms with van der Waals surface area (Å²) in [5, 5.41) is 10.1. The third-order valence-electron chi connectivity index (χ3n) is 3.22. The summed E-state index contributed by atoms with van der Waals surface area (Å²) in [5.41, 5.74) is -0.258. The fraction of sp³-hybridized carbons (Fsp3) is 0.462. The molecule has 1 aromatic rings. The van der Waals surface area contributed by atoms with Gasteiger partial charge in [0.25, 0.3) is 0 Å². The van der Waals surface area contributed by atoms with Gasteiger partial charge in [0.2, 0.25) is 0 Å². The topological polar surface area (TPSA) is 40.5 Å². The van der Waals surface area contributed by atoms with E-state index in [1.165, 1.54) is 0 Å². The highest BCUT2D eigenvalue weighted by molar-refractivity contribution is 6.30. The molecule has 4 heteroatoms. The largest absolute Gasteiger partial charge is 0.480 e. The molecule has 17 heavy (non-hydrogen) atoms. The minimum atomic E-state index is -1.01. The summed E-state index contributed by atoms with van der Waals surface area (Å²) >= 11 is 5.83. The lowest BCUT2D eigenvalue weighted by Crippen LogP contribution is -2.49. The molecule has 0 aliphatic carbocycles. The van der Waals surface area contributed by atoms with Crippen LogP contribution in [0.5, 0.6) is 0 Å². The molecule has 0 saturated carbocycles. The van der Waals surface area contributed by atoms with Gasteiger partial charge in [-0.1, -0.05) is 37.6 Å². The minimum absolute atomic E-state index is 0.612. The van der Waals surface area contributed by atoms with E-state index in [1.54, 1.807) is 31.2 Å². The number of hydrogen-bond donors (Lipinski definition) is 1. The summed E-state index contributed by atoms with van der Waals surface area (Å²) < 4.78 is 0. The quantitative estimate of drug-likeness (QED) is 0.879. The number of carbonyl (C=O) groups is 1. The van der Waals surface area contributed by atoms with E-state index in [9.17, 15) is 9.90 Å². The zero-order valence-electron chi connectivity index (χ0n) is 10.4. The van der Waals surface area contributed by atoms with E-state index in [-0.39, 0.29) is 0 Å². The molecule has 0 radical (unpaired) electrons. The number of rotatable bonds is 5. The van der Waals surface area contributed by atoms with Crippen molar-refractivity contribution < 1.29 is 9.90 Å². The first-order chi connectivity index (χ1) is 7.96. The number of benzene rings is 1. The molecular formula is C13H18ClNO2. The first kappa shape index (κ1) is 14.0. The lowest BCUT2D eigenvalue weighted by Gasteiger charge is -2.37. The molecule has 1 atom stereocenters. The molecule has 1 rings (SSSR count). The summed E-state index contributed by atoms with van der Waals surface area (Å²) in [6.45, 7) is 7.01. The molecule has 1 aromatic carbocycles. The van der Waals surface area contributed by atoms with Gasteiger partial charge >= 0.3 is 5.97 Å². The summed E-state index contributed by atoms with van der Waals surface area (Å²) in [6, 6.07) is 6.99. The number of halogens is 1. The maximum Gasteiger partial charge on any atom is 0.328 e. The fourth-order valence-electron chi connectivity index (χ4n) is 2.07. The molecule has 0 saturated heterocycles. The van der Waals surface area contributed by atoms with Gasteiger partial charge in [-0.2, -0.15) is 0 Å². The minimum Gasteiger partial charge on any atom is -0.480 e. The van der Waals surface area contributed by atoms with Crippen molar-refractivity contribution in [3.8, 4) is 0 Å². The maximum atomic E-state index is 11.6. The van der Waals surface area contributed by atoms with E-state index in [0.29, 0.717) is 18.1 Å². The van der Waals surface area contributed by atoms with Gasteiger partial charge < -0.3 is 5.11 Å². The van der Waals surface area contributed by atoms with Gasteiger partial charge in [-0.15, -0.1) is 0 Å². The fourth-order valence-corrected chi connectivity index (χ4v) is 2.20. The second kappa shape index (κ2) is 5.52. The second-order valence-electron chi connectivity index (χ2n) is 4.06. The van der Waals surface area contributed by atoms with E-state index in [4.69, 9.17) is 11.6 Å². The highest BCUT2D eigenvalue weighted by Crippen LogP contribution is 2.29. The number of carboxylic acids is 1. The van der Waals surface area contributed by atoms with Crippen molar-refractivity contribution in [3.05, 3.63) is 34.9 Å². The number of hydrogen-bond acceptors (Lipinski definition) is 2. The summed E-state index contributed by atoms with van der Waals surface area (Å²) in [7, 11) is 0. The number of likely N-dealkylation sites (N-methyl/N-ethyl adjacent to an activating group) is 1. The zero-order valence-corrected chi connectivity index (χ0v) is 11.2. The average Bonchev–Trinajstić information content (AvgIpc) is 2.30. The first-order valence-electron chi connectivity index (χ1n) is 5.71. The summed E-state index contributed by atoms with van der Waals surface area (Å²) in [5.74, 6) is -0.844. The molecule has 0 aromatic heterocycles. The summed E-state index contributed by atoms with van der Waals surface area (Å²) in [4.78, 5) is 13.5. The molecule has 0 fully saturated rings. The van der Waals surface area contributed by atoms with Gasteiger partial charge in [-0.3, -0.25) is 4.90 Å². The van der Waals surface area contributed by atoms with Gasteiger partial charge in [0.1, 0.15) is 5.54 Å². The third kappa shape index (κ3) is 2.61. The molecule has 0 spiro atoms. The van der Waals surface area contributed by atoms with Crippen LogP contribution in [0, 0.1) is 0 Å². The van der Waals surface area contributed by atoms with Gasteiger partial charge in [0.15, 0.2) is 0 Å². The molecule has 0 aliphatic rings. The highest BCUT2D eigenvalue weighted by atomic mass is 35.5. The van der Waals surface area contributed by atoms with Crippen molar-refractivity contribution in [2.24, 2.45) is 0 Å². The van der Waals surface area contributed by atoms with Crippen LogP contribution >= 0.6 is 11.6 Å². The van der Waals surface area contributed by atoms with Crippen LogP contribution in [0.15, 0.2) is 24.3 Å². The monoisotopic (exact) mass is 255 g/mol. The van der Waals surface area contributed by atoms with Crippen molar-refractivity contribution in [1.29, 1.82) is 0 Å². The van der Waals surface area contributed by atoms with Gasteiger partial charge in [0.05, 0.1) is 0 Å². The van der Waals surface area contributed by atoms with E-state index < -0.39 is 11.5 Å². The van der Waals surface area contributed by atoms with Crippen LogP contribution in [0.3, 0.4) is 0 Å². The van der Waals surface area contributed by atoms with E-state index >= 15 is 0 Å². The molecule has 0 heterocycles. The molecular weight excluding hydrogens is 238 g/mol. The highest BCUT2D eigenvalue weighted by Gasteiger charge is 2.39. The zero-order chi connectivity index (χ0) is 13.1. The number of nitrogens with zero attached hydrogens (tertiary/aromatic N) is 1. The van der Waals surface area contributed by atoms with Crippen LogP contribution in [0.25, 0.3) is 0 Å².